The number of alkyl halides is 3. The van der Waals surface area contributed by atoms with Crippen molar-refractivity contribution >= 4 is 33.2 Å². The number of rotatable bonds is 4. The number of halogens is 3. The number of nitrogens with one attached hydrogen (secondary N) is 2. The highest BCUT2D eigenvalue weighted by atomic mass is 32.1. The molecule has 2 N–H and O–H groups in total. The number of carbonyl (C=O) groups is 1. The van der Waals surface area contributed by atoms with Crippen LogP contribution in [0.15, 0.2) is 64.5 Å². The van der Waals surface area contributed by atoms with Crippen LogP contribution < -0.4 is 11.0 Å². The number of aromatic nitrogens is 3. The highest BCUT2D eigenvalue weighted by Crippen LogP contribution is 2.31. The summed E-state index contributed by atoms with van der Waals surface area (Å²) in [5.74, 6) is -0.615. The van der Waals surface area contributed by atoms with Crippen molar-refractivity contribution in [2.24, 2.45) is 5.10 Å². The molecule has 0 fully saturated rings. The Hall–Kier alpha value is -3.73. The van der Waals surface area contributed by atoms with E-state index in [0.717, 1.165) is 20.7 Å². The summed E-state index contributed by atoms with van der Waals surface area (Å²) in [5, 5.41) is 5.88. The first-order chi connectivity index (χ1) is 14.8. The number of aromatic amines is 1. The van der Waals surface area contributed by atoms with Crippen molar-refractivity contribution in [2.45, 2.75) is 13.1 Å². The number of hydrogen-bond acceptors (Lipinski definition) is 5. The van der Waals surface area contributed by atoms with E-state index in [1.807, 2.05) is 0 Å². The third kappa shape index (κ3) is 3.99. The Bertz CT molecular complexity index is 1320. The average Bonchev–Trinajstić information content (AvgIpc) is 3.33. The molecule has 4 rings (SSSR count). The minimum Gasteiger partial charge on any atom is -0.284 e. The summed E-state index contributed by atoms with van der Waals surface area (Å²) in [7, 11) is 0. The summed E-state index contributed by atoms with van der Waals surface area (Å²) in [6.45, 7) is 1.22. The lowest BCUT2D eigenvalue weighted by molar-refractivity contribution is -0.141. The second kappa shape index (κ2) is 7.84. The minimum atomic E-state index is -4.85. The lowest BCUT2D eigenvalue weighted by atomic mass is 10.1. The fraction of sp³-hybridized carbons (Fsp3) is 0.100. The smallest absolute Gasteiger partial charge is 0.284 e. The molecule has 2 aromatic heterocycles. The number of amides is 1. The highest BCUT2D eigenvalue weighted by molar-refractivity contribution is 7.20. The number of benzene rings is 2. The predicted octanol–water partition coefficient (Wildman–Crippen LogP) is 3.95. The second-order valence-electron chi connectivity index (χ2n) is 6.47. The van der Waals surface area contributed by atoms with Crippen molar-refractivity contribution in [3.8, 4) is 5.13 Å². The van der Waals surface area contributed by atoms with Crippen molar-refractivity contribution in [2.75, 3.05) is 0 Å². The van der Waals surface area contributed by atoms with Gasteiger partial charge >= 0.3 is 6.18 Å². The van der Waals surface area contributed by atoms with Crippen LogP contribution in [0.2, 0.25) is 0 Å². The summed E-state index contributed by atoms with van der Waals surface area (Å²) >= 11 is 1.07. The van der Waals surface area contributed by atoms with Gasteiger partial charge in [-0.25, -0.2) is 10.4 Å². The molecule has 0 radical (unpaired) electrons. The van der Waals surface area contributed by atoms with E-state index >= 15 is 0 Å². The van der Waals surface area contributed by atoms with Gasteiger partial charge in [0.1, 0.15) is 0 Å². The molecule has 0 unspecified atom stereocenters. The van der Waals surface area contributed by atoms with Gasteiger partial charge in [0, 0.05) is 5.56 Å². The summed E-state index contributed by atoms with van der Waals surface area (Å²) in [4.78, 5) is 29.2. The van der Waals surface area contributed by atoms with E-state index in [2.05, 4.69) is 20.6 Å². The largest absolute Gasteiger partial charge is 0.433 e. The quantitative estimate of drug-likeness (QED) is 0.368. The molecule has 1 amide bonds. The predicted molar refractivity (Wildman–Crippen MR) is 111 cm³/mol. The van der Waals surface area contributed by atoms with Gasteiger partial charge in [0.25, 0.3) is 11.5 Å². The van der Waals surface area contributed by atoms with Crippen LogP contribution in [-0.4, -0.2) is 26.4 Å². The fourth-order valence-corrected chi connectivity index (χ4v) is 3.84. The maximum absolute atomic E-state index is 13.6. The molecule has 0 saturated heterocycles. The molecule has 158 valence electrons. The first-order valence-corrected chi connectivity index (χ1v) is 9.75. The van der Waals surface area contributed by atoms with Crippen LogP contribution in [0.25, 0.3) is 15.3 Å². The van der Waals surface area contributed by atoms with Gasteiger partial charge < -0.3 is 0 Å². The van der Waals surface area contributed by atoms with Crippen molar-refractivity contribution < 1.29 is 18.0 Å². The number of hydrogen-bond donors (Lipinski definition) is 2. The third-order valence-corrected chi connectivity index (χ3v) is 5.39. The molecule has 0 aliphatic heterocycles. The lowest BCUT2D eigenvalue weighted by Gasteiger charge is -2.06. The third-order valence-electron chi connectivity index (χ3n) is 4.37. The summed E-state index contributed by atoms with van der Waals surface area (Å²) in [5.41, 5.74) is -0.221. The number of para-hydroxylation sites is 1. The first-order valence-electron chi connectivity index (χ1n) is 8.94. The molecule has 2 aromatic carbocycles. The zero-order valence-corrected chi connectivity index (χ0v) is 16.7. The Morgan fingerprint density at radius 1 is 1.13 bits per heavy atom. The molecule has 0 aliphatic rings. The molecule has 0 aliphatic carbocycles. The number of nitrogens with zero attached hydrogens (tertiary/aromatic N) is 3. The maximum Gasteiger partial charge on any atom is 0.433 e. The van der Waals surface area contributed by atoms with E-state index in [0.29, 0.717) is 5.52 Å². The van der Waals surface area contributed by atoms with Gasteiger partial charge in [0.15, 0.2) is 5.69 Å². The molecule has 0 bridgehead atoms. The summed E-state index contributed by atoms with van der Waals surface area (Å²) in [6.07, 6.45) is -4.85. The van der Waals surface area contributed by atoms with E-state index in [-0.39, 0.29) is 16.4 Å². The van der Waals surface area contributed by atoms with Gasteiger partial charge in [-0.3, -0.25) is 14.7 Å². The Labute approximate surface area is 176 Å². The van der Waals surface area contributed by atoms with Gasteiger partial charge in [-0.2, -0.15) is 23.0 Å². The average molecular weight is 445 g/mol. The normalized spacial score (nSPS) is 12.3. The van der Waals surface area contributed by atoms with Crippen LogP contribution in [0.4, 0.5) is 13.2 Å². The molecule has 0 atom stereocenters. The Morgan fingerprint density at radius 2 is 1.81 bits per heavy atom. The first kappa shape index (κ1) is 20.5. The number of carbonyl (C=O) groups excluding carboxylic acids is 1. The lowest BCUT2D eigenvalue weighted by Crippen LogP contribution is -2.24. The zero-order chi connectivity index (χ0) is 22.2. The summed E-state index contributed by atoms with van der Waals surface area (Å²) in [6, 6.07) is 15.0. The minimum absolute atomic E-state index is 0.0593. The van der Waals surface area contributed by atoms with Crippen molar-refractivity contribution in [3.05, 3.63) is 81.8 Å². The second-order valence-corrected chi connectivity index (χ2v) is 7.48. The van der Waals surface area contributed by atoms with Crippen molar-refractivity contribution in [1.29, 1.82) is 0 Å². The molecule has 0 spiro atoms. The Kier molecular flexibility index (Phi) is 5.19. The molecular formula is C20H14F3N5O2S. The molecular weight excluding hydrogens is 431 g/mol. The topological polar surface area (TPSA) is 92.1 Å². The van der Waals surface area contributed by atoms with Crippen LogP contribution in [0.5, 0.6) is 0 Å². The van der Waals surface area contributed by atoms with Crippen LogP contribution >= 0.6 is 11.3 Å². The highest BCUT2D eigenvalue weighted by Gasteiger charge is 2.39. The molecule has 11 heteroatoms. The van der Waals surface area contributed by atoms with Gasteiger partial charge in [-0.1, -0.05) is 41.7 Å². The van der Waals surface area contributed by atoms with E-state index in [4.69, 9.17) is 0 Å². The zero-order valence-electron chi connectivity index (χ0n) is 15.9. The van der Waals surface area contributed by atoms with E-state index in [1.54, 1.807) is 42.5 Å². The van der Waals surface area contributed by atoms with Gasteiger partial charge in [0.2, 0.25) is 5.13 Å². The van der Waals surface area contributed by atoms with E-state index in [9.17, 15) is 22.8 Å². The maximum atomic E-state index is 13.6. The van der Waals surface area contributed by atoms with Crippen LogP contribution in [0.1, 0.15) is 28.5 Å². The molecule has 2 heterocycles. The Balaban J connectivity index is 1.76. The SMILES string of the molecule is C/C(=N/NC(=O)c1ccccc1)c1c(C(F)(F)F)[nH]n(-c2nc3ccccc3s2)c1=O. The Morgan fingerprint density at radius 3 is 2.48 bits per heavy atom. The van der Waals surface area contributed by atoms with Gasteiger partial charge in [-0.05, 0) is 31.2 Å². The van der Waals surface area contributed by atoms with E-state index < -0.39 is 28.9 Å². The molecule has 4 aromatic rings. The standard InChI is InChI=1S/C20H14F3N5O2S/c1-11(25-26-17(29)12-7-3-2-4-8-12)15-16(20(21,22)23)27-28(18(15)30)19-24-13-9-5-6-10-14(13)31-19/h2-10,27H,1H3,(H,26,29)/b25-11-. The number of fused-ring (bicyclic) bond motifs is 1. The van der Waals surface area contributed by atoms with Crippen LogP contribution in [0.3, 0.4) is 0 Å². The van der Waals surface area contributed by atoms with Crippen molar-refractivity contribution in [1.82, 2.24) is 20.2 Å². The van der Waals surface area contributed by atoms with Gasteiger partial charge in [0.05, 0.1) is 21.5 Å². The van der Waals surface area contributed by atoms with Crippen LogP contribution in [-0.2, 0) is 6.18 Å². The monoisotopic (exact) mass is 445 g/mol. The van der Waals surface area contributed by atoms with Gasteiger partial charge in [-0.15, -0.1) is 0 Å². The summed E-state index contributed by atoms with van der Waals surface area (Å²) < 4.78 is 42.4. The fourth-order valence-electron chi connectivity index (χ4n) is 2.91. The van der Waals surface area contributed by atoms with E-state index in [1.165, 1.54) is 19.1 Å². The number of H-pyrrole nitrogens is 1. The van der Waals surface area contributed by atoms with Crippen LogP contribution in [0, 0.1) is 0 Å². The number of hydrazone groups is 1. The number of thiazole rings is 1. The van der Waals surface area contributed by atoms with Crippen molar-refractivity contribution in [3.63, 3.8) is 0 Å². The molecule has 7 nitrogen and oxygen atoms in total. The molecule has 31 heavy (non-hydrogen) atoms. The molecule has 0 saturated carbocycles.